The lowest BCUT2D eigenvalue weighted by Gasteiger charge is -2.35. The number of amides is 1. The Morgan fingerprint density at radius 1 is 1.17 bits per heavy atom. The van der Waals surface area contributed by atoms with Crippen molar-refractivity contribution in [2.24, 2.45) is 18.9 Å². The lowest BCUT2D eigenvalue weighted by Crippen LogP contribution is -2.43. The molecule has 3 rings (SSSR count). The molecule has 0 radical (unpaired) electrons. The molecule has 0 aliphatic carbocycles. The van der Waals surface area contributed by atoms with Crippen LogP contribution in [-0.2, 0) is 18.3 Å². The van der Waals surface area contributed by atoms with Gasteiger partial charge in [-0.3, -0.25) is 9.59 Å². The van der Waals surface area contributed by atoms with Crippen LogP contribution in [0.25, 0.3) is 10.8 Å². The van der Waals surface area contributed by atoms with E-state index in [0.29, 0.717) is 22.9 Å². The average molecular weight is 313 g/mol. The molecule has 5 heteroatoms. The molecule has 1 aliphatic rings. The first-order chi connectivity index (χ1) is 11.0. The van der Waals surface area contributed by atoms with Gasteiger partial charge in [0.2, 0.25) is 5.91 Å². The second-order valence-corrected chi connectivity index (χ2v) is 6.84. The van der Waals surface area contributed by atoms with E-state index in [1.165, 1.54) is 11.1 Å². The van der Waals surface area contributed by atoms with Gasteiger partial charge in [0.25, 0.3) is 5.56 Å². The summed E-state index contributed by atoms with van der Waals surface area (Å²) in [6.07, 6.45) is 1.42. The SMILES string of the molecule is CC1CC(C)CN(C(=O)Cc2nn(C)c(=O)c3ccccc23)C1. The van der Waals surface area contributed by atoms with Crippen LogP contribution >= 0.6 is 0 Å². The van der Waals surface area contributed by atoms with Crippen LogP contribution in [0.5, 0.6) is 0 Å². The number of benzene rings is 1. The molecule has 1 fully saturated rings. The molecule has 0 saturated carbocycles. The number of carbonyl (C=O) groups is 1. The lowest BCUT2D eigenvalue weighted by atomic mass is 9.91. The summed E-state index contributed by atoms with van der Waals surface area (Å²) >= 11 is 0. The van der Waals surface area contributed by atoms with Crippen molar-refractivity contribution < 1.29 is 4.79 Å². The van der Waals surface area contributed by atoms with Crippen LogP contribution < -0.4 is 5.56 Å². The Kier molecular flexibility index (Phi) is 4.20. The summed E-state index contributed by atoms with van der Waals surface area (Å²) in [5.74, 6) is 1.17. The molecule has 0 N–H and O–H groups in total. The number of fused-ring (bicyclic) bond motifs is 1. The van der Waals surface area contributed by atoms with Gasteiger partial charge in [-0.05, 0) is 24.3 Å². The van der Waals surface area contributed by atoms with Crippen LogP contribution in [0, 0.1) is 11.8 Å². The highest BCUT2D eigenvalue weighted by Crippen LogP contribution is 2.22. The van der Waals surface area contributed by atoms with E-state index in [9.17, 15) is 9.59 Å². The van der Waals surface area contributed by atoms with Crippen LogP contribution in [0.1, 0.15) is 26.0 Å². The van der Waals surface area contributed by atoms with Crippen molar-refractivity contribution in [1.82, 2.24) is 14.7 Å². The molecule has 0 bridgehead atoms. The molecular weight excluding hydrogens is 290 g/mol. The van der Waals surface area contributed by atoms with E-state index in [-0.39, 0.29) is 17.9 Å². The van der Waals surface area contributed by atoms with E-state index in [1.54, 1.807) is 13.1 Å². The monoisotopic (exact) mass is 313 g/mol. The predicted molar refractivity (Wildman–Crippen MR) is 90.2 cm³/mol. The fourth-order valence-electron chi connectivity index (χ4n) is 3.63. The molecule has 23 heavy (non-hydrogen) atoms. The van der Waals surface area contributed by atoms with Crippen molar-refractivity contribution in [3.63, 3.8) is 0 Å². The number of hydrogen-bond acceptors (Lipinski definition) is 3. The average Bonchev–Trinajstić information content (AvgIpc) is 2.51. The summed E-state index contributed by atoms with van der Waals surface area (Å²) in [6.45, 7) is 6.01. The molecule has 0 spiro atoms. The number of aryl methyl sites for hydroxylation is 1. The maximum Gasteiger partial charge on any atom is 0.274 e. The quantitative estimate of drug-likeness (QED) is 0.852. The summed E-state index contributed by atoms with van der Waals surface area (Å²) in [5.41, 5.74) is 0.551. The molecule has 1 aromatic heterocycles. The maximum atomic E-state index is 12.7. The van der Waals surface area contributed by atoms with E-state index < -0.39 is 0 Å². The standard InChI is InChI=1S/C18H23N3O2/c1-12-8-13(2)11-21(10-12)17(22)9-16-14-6-4-5-7-15(14)18(23)20(3)19-16/h4-7,12-13H,8-11H2,1-3H3. The van der Waals surface area contributed by atoms with Gasteiger partial charge in [0, 0.05) is 25.5 Å². The van der Waals surface area contributed by atoms with Crippen LogP contribution in [0.15, 0.2) is 29.1 Å². The zero-order valence-corrected chi connectivity index (χ0v) is 14.0. The Balaban J connectivity index is 1.91. The van der Waals surface area contributed by atoms with Gasteiger partial charge in [-0.15, -0.1) is 0 Å². The van der Waals surface area contributed by atoms with Crippen LogP contribution in [0.4, 0.5) is 0 Å². The fourth-order valence-corrected chi connectivity index (χ4v) is 3.63. The van der Waals surface area contributed by atoms with E-state index >= 15 is 0 Å². The van der Waals surface area contributed by atoms with Gasteiger partial charge in [0.1, 0.15) is 0 Å². The maximum absolute atomic E-state index is 12.7. The second kappa shape index (κ2) is 6.14. The molecule has 1 amide bonds. The van der Waals surface area contributed by atoms with Crippen LogP contribution in [0.2, 0.25) is 0 Å². The highest BCUT2D eigenvalue weighted by molar-refractivity contribution is 5.88. The molecule has 2 heterocycles. The Hall–Kier alpha value is -2.17. The first kappa shape index (κ1) is 15.7. The minimum absolute atomic E-state index is 0.0969. The summed E-state index contributed by atoms with van der Waals surface area (Å²) in [6, 6.07) is 7.37. The molecule has 122 valence electrons. The third kappa shape index (κ3) is 3.14. The number of aromatic nitrogens is 2. The second-order valence-electron chi connectivity index (χ2n) is 6.84. The highest BCUT2D eigenvalue weighted by Gasteiger charge is 2.26. The van der Waals surface area contributed by atoms with Gasteiger partial charge in [0.05, 0.1) is 17.5 Å². The third-order valence-corrected chi connectivity index (χ3v) is 4.57. The fraction of sp³-hybridized carbons (Fsp3) is 0.500. The Morgan fingerprint density at radius 3 is 2.43 bits per heavy atom. The van der Waals surface area contributed by atoms with Crippen LogP contribution in [0.3, 0.4) is 0 Å². The molecule has 1 aromatic carbocycles. The van der Waals surface area contributed by atoms with Gasteiger partial charge in [-0.2, -0.15) is 5.10 Å². The molecule has 2 unspecified atom stereocenters. The molecule has 1 saturated heterocycles. The molecule has 2 aromatic rings. The topological polar surface area (TPSA) is 55.2 Å². The molecule has 2 atom stereocenters. The molecule has 1 aliphatic heterocycles. The van der Waals surface area contributed by atoms with Crippen molar-refractivity contribution in [2.75, 3.05) is 13.1 Å². The zero-order valence-electron chi connectivity index (χ0n) is 14.0. The smallest absolute Gasteiger partial charge is 0.274 e. The van der Waals surface area contributed by atoms with Gasteiger partial charge in [-0.25, -0.2) is 4.68 Å². The lowest BCUT2D eigenvalue weighted by molar-refractivity contribution is -0.133. The number of likely N-dealkylation sites (tertiary alicyclic amines) is 1. The third-order valence-electron chi connectivity index (χ3n) is 4.57. The molecule has 5 nitrogen and oxygen atoms in total. The predicted octanol–water partition coefficient (Wildman–Crippen LogP) is 1.98. The van der Waals surface area contributed by atoms with Crippen molar-refractivity contribution in [3.05, 3.63) is 40.3 Å². The number of hydrogen-bond donors (Lipinski definition) is 0. The Labute approximate surface area is 135 Å². The normalized spacial score (nSPS) is 21.6. The van der Waals surface area contributed by atoms with Crippen molar-refractivity contribution in [3.8, 4) is 0 Å². The number of nitrogens with zero attached hydrogens (tertiary/aromatic N) is 3. The van der Waals surface area contributed by atoms with Crippen LogP contribution in [-0.4, -0.2) is 33.7 Å². The summed E-state index contributed by atoms with van der Waals surface area (Å²) in [7, 11) is 1.63. The first-order valence-corrected chi connectivity index (χ1v) is 8.18. The van der Waals surface area contributed by atoms with Crippen molar-refractivity contribution >= 4 is 16.7 Å². The highest BCUT2D eigenvalue weighted by atomic mass is 16.2. The van der Waals surface area contributed by atoms with Gasteiger partial charge in [0.15, 0.2) is 0 Å². The van der Waals surface area contributed by atoms with Crippen molar-refractivity contribution in [2.45, 2.75) is 26.7 Å². The van der Waals surface area contributed by atoms with Crippen molar-refractivity contribution in [1.29, 1.82) is 0 Å². The minimum atomic E-state index is -0.128. The van der Waals surface area contributed by atoms with Gasteiger partial charge in [-0.1, -0.05) is 32.0 Å². The van der Waals surface area contributed by atoms with E-state index in [2.05, 4.69) is 18.9 Å². The Morgan fingerprint density at radius 2 is 1.78 bits per heavy atom. The van der Waals surface area contributed by atoms with E-state index in [4.69, 9.17) is 0 Å². The summed E-state index contributed by atoms with van der Waals surface area (Å²) in [4.78, 5) is 26.8. The van der Waals surface area contributed by atoms with Gasteiger partial charge < -0.3 is 4.90 Å². The minimum Gasteiger partial charge on any atom is -0.342 e. The molecular formula is C18H23N3O2. The number of carbonyl (C=O) groups excluding carboxylic acids is 1. The Bertz CT molecular complexity index is 786. The largest absolute Gasteiger partial charge is 0.342 e. The van der Waals surface area contributed by atoms with Gasteiger partial charge >= 0.3 is 0 Å². The number of piperidine rings is 1. The summed E-state index contributed by atoms with van der Waals surface area (Å²) in [5, 5.41) is 5.73. The van der Waals surface area contributed by atoms with E-state index in [0.717, 1.165) is 18.5 Å². The zero-order chi connectivity index (χ0) is 16.6. The summed E-state index contributed by atoms with van der Waals surface area (Å²) < 4.78 is 1.33. The first-order valence-electron chi connectivity index (χ1n) is 8.18. The number of rotatable bonds is 2. The van der Waals surface area contributed by atoms with E-state index in [1.807, 2.05) is 23.1 Å².